The number of anilines is 1. The van der Waals surface area contributed by atoms with Crippen molar-refractivity contribution in [1.82, 2.24) is 20.0 Å². The highest BCUT2D eigenvalue weighted by Crippen LogP contribution is 2.48. The van der Waals surface area contributed by atoms with E-state index in [0.717, 1.165) is 45.7 Å². The normalized spacial score (nSPS) is 15.2. The molecule has 206 valence electrons. The van der Waals surface area contributed by atoms with Crippen molar-refractivity contribution in [2.45, 2.75) is 19.1 Å². The van der Waals surface area contributed by atoms with Gasteiger partial charge in [-0.2, -0.15) is 5.10 Å². The first kappa shape index (κ1) is 27.7. The molecule has 2 amide bonds. The Morgan fingerprint density at radius 2 is 1.73 bits per heavy atom. The Morgan fingerprint density at radius 3 is 2.42 bits per heavy atom. The summed E-state index contributed by atoms with van der Waals surface area (Å²) in [6.45, 7) is 5.27. The van der Waals surface area contributed by atoms with E-state index in [-0.39, 0.29) is 29.4 Å². The number of likely N-dealkylation sites (N-methyl/N-ethyl adjacent to an activating group) is 1. The van der Waals surface area contributed by atoms with Crippen LogP contribution in [0.25, 0.3) is 16.9 Å². The Labute approximate surface area is 240 Å². The fourth-order valence-electron chi connectivity index (χ4n) is 4.98. The molecule has 40 heavy (non-hydrogen) atoms. The van der Waals surface area contributed by atoms with Crippen LogP contribution in [0.3, 0.4) is 0 Å². The van der Waals surface area contributed by atoms with Gasteiger partial charge in [-0.25, -0.2) is 4.68 Å². The van der Waals surface area contributed by atoms with Crippen molar-refractivity contribution in [3.05, 3.63) is 101 Å². The number of fused-ring (bicyclic) bond motifs is 1. The third-order valence-corrected chi connectivity index (χ3v) is 8.17. The summed E-state index contributed by atoms with van der Waals surface area (Å²) in [4.78, 5) is 30.6. The van der Waals surface area contributed by atoms with E-state index in [0.29, 0.717) is 12.4 Å². The molecule has 0 saturated carbocycles. The number of hydrogen-bond donors (Lipinski definition) is 1. The number of nitrogens with zero attached hydrogens (tertiary/aromatic N) is 4. The van der Waals surface area contributed by atoms with Crippen molar-refractivity contribution < 1.29 is 9.59 Å². The second kappa shape index (κ2) is 12.1. The third kappa shape index (κ3) is 5.98. The molecule has 1 unspecified atom stereocenters. The summed E-state index contributed by atoms with van der Waals surface area (Å²) in [5.41, 5.74) is 6.91. The number of benzene rings is 3. The van der Waals surface area contributed by atoms with Gasteiger partial charge in [0.25, 0.3) is 0 Å². The van der Waals surface area contributed by atoms with Gasteiger partial charge in [-0.3, -0.25) is 14.5 Å². The maximum absolute atomic E-state index is 13.8. The van der Waals surface area contributed by atoms with E-state index in [1.807, 2.05) is 79.1 Å². The number of nitrogens with one attached hydrogen (secondary N) is 1. The average Bonchev–Trinajstić information content (AvgIpc) is 3.26. The lowest BCUT2D eigenvalue weighted by Crippen LogP contribution is -2.43. The molecule has 0 aliphatic carbocycles. The van der Waals surface area contributed by atoms with Crippen molar-refractivity contribution in [3.8, 4) is 16.9 Å². The van der Waals surface area contributed by atoms with E-state index in [2.05, 4.69) is 42.6 Å². The number of aromatic nitrogens is 2. The van der Waals surface area contributed by atoms with Crippen molar-refractivity contribution >= 4 is 29.4 Å². The first-order chi connectivity index (χ1) is 19.3. The molecular formula is C32H35N5O2S. The van der Waals surface area contributed by atoms with Crippen LogP contribution in [0, 0.1) is 13.8 Å². The largest absolute Gasteiger partial charge is 0.353 e. The number of thioether (sulfide) groups is 1. The molecule has 0 radical (unpaired) electrons. The Kier molecular flexibility index (Phi) is 8.38. The second-order valence-electron chi connectivity index (χ2n) is 10.4. The van der Waals surface area contributed by atoms with Gasteiger partial charge in [0.2, 0.25) is 11.8 Å². The molecule has 5 rings (SSSR count). The van der Waals surface area contributed by atoms with Gasteiger partial charge < -0.3 is 10.2 Å². The molecule has 4 aromatic rings. The van der Waals surface area contributed by atoms with Crippen LogP contribution in [-0.2, 0) is 9.59 Å². The number of aryl methyl sites for hydroxylation is 2. The smallest absolute Gasteiger partial charge is 0.240 e. The lowest BCUT2D eigenvalue weighted by atomic mass is 9.98. The minimum absolute atomic E-state index is 0.0773. The monoisotopic (exact) mass is 553 g/mol. The van der Waals surface area contributed by atoms with Crippen LogP contribution in [-0.4, -0.2) is 66.0 Å². The van der Waals surface area contributed by atoms with E-state index >= 15 is 0 Å². The van der Waals surface area contributed by atoms with Gasteiger partial charge in [0, 0.05) is 24.2 Å². The molecule has 0 bridgehead atoms. The molecular weight excluding hydrogens is 518 g/mol. The van der Waals surface area contributed by atoms with Crippen LogP contribution in [0.2, 0.25) is 0 Å². The maximum atomic E-state index is 13.8. The SMILES string of the molecule is Cc1cccc(C2SCC(=O)N(CC(=O)NCCN(C)C)c3c2c(-c2ccccc2)nn3-c2cccc(C)c2)c1. The molecule has 0 spiro atoms. The van der Waals surface area contributed by atoms with Crippen LogP contribution in [0.15, 0.2) is 78.9 Å². The van der Waals surface area contributed by atoms with E-state index in [1.165, 1.54) is 0 Å². The first-order valence-electron chi connectivity index (χ1n) is 13.5. The zero-order chi connectivity index (χ0) is 28.2. The Bertz CT molecular complexity index is 1510. The summed E-state index contributed by atoms with van der Waals surface area (Å²) in [5.74, 6) is 0.588. The van der Waals surface area contributed by atoms with Crippen LogP contribution < -0.4 is 10.2 Å². The fourth-order valence-corrected chi connectivity index (χ4v) is 6.17. The zero-order valence-corrected chi connectivity index (χ0v) is 24.2. The highest BCUT2D eigenvalue weighted by Gasteiger charge is 2.37. The van der Waals surface area contributed by atoms with E-state index in [4.69, 9.17) is 5.10 Å². The van der Waals surface area contributed by atoms with Gasteiger partial charge in [-0.15, -0.1) is 11.8 Å². The molecule has 1 aromatic heterocycles. The van der Waals surface area contributed by atoms with Crippen molar-refractivity contribution in [2.24, 2.45) is 0 Å². The fraction of sp³-hybridized carbons (Fsp3) is 0.281. The van der Waals surface area contributed by atoms with E-state index < -0.39 is 0 Å². The van der Waals surface area contributed by atoms with Gasteiger partial charge in [0.15, 0.2) is 0 Å². The second-order valence-corrected chi connectivity index (χ2v) is 11.5. The molecule has 1 aliphatic rings. The summed E-state index contributed by atoms with van der Waals surface area (Å²) in [6.07, 6.45) is 0. The van der Waals surface area contributed by atoms with Crippen molar-refractivity contribution in [3.63, 3.8) is 0 Å². The molecule has 1 atom stereocenters. The number of carbonyl (C=O) groups excluding carboxylic acids is 2. The molecule has 7 nitrogen and oxygen atoms in total. The predicted molar refractivity (Wildman–Crippen MR) is 163 cm³/mol. The number of hydrogen-bond acceptors (Lipinski definition) is 5. The van der Waals surface area contributed by atoms with Crippen molar-refractivity contribution in [2.75, 3.05) is 44.4 Å². The van der Waals surface area contributed by atoms with Gasteiger partial charge in [-0.1, -0.05) is 72.3 Å². The maximum Gasteiger partial charge on any atom is 0.240 e. The topological polar surface area (TPSA) is 70.5 Å². The van der Waals surface area contributed by atoms with Gasteiger partial charge in [0.05, 0.1) is 22.4 Å². The van der Waals surface area contributed by atoms with Crippen LogP contribution in [0.4, 0.5) is 5.82 Å². The lowest BCUT2D eigenvalue weighted by molar-refractivity contribution is -0.122. The van der Waals surface area contributed by atoms with Gasteiger partial charge in [0.1, 0.15) is 12.4 Å². The van der Waals surface area contributed by atoms with Crippen LogP contribution in [0.1, 0.15) is 27.5 Å². The average molecular weight is 554 g/mol. The third-order valence-electron chi connectivity index (χ3n) is 6.91. The predicted octanol–water partition coefficient (Wildman–Crippen LogP) is 5.00. The molecule has 1 N–H and O–H groups in total. The number of amides is 2. The molecule has 0 saturated heterocycles. The molecule has 3 aromatic carbocycles. The van der Waals surface area contributed by atoms with Crippen molar-refractivity contribution in [1.29, 1.82) is 0 Å². The van der Waals surface area contributed by atoms with Crippen LogP contribution >= 0.6 is 11.8 Å². The summed E-state index contributed by atoms with van der Waals surface area (Å²) in [5, 5.41) is 8.00. The van der Waals surface area contributed by atoms with Crippen LogP contribution in [0.5, 0.6) is 0 Å². The van der Waals surface area contributed by atoms with Gasteiger partial charge >= 0.3 is 0 Å². The van der Waals surface area contributed by atoms with E-state index in [9.17, 15) is 9.59 Å². The minimum Gasteiger partial charge on any atom is -0.353 e. The minimum atomic E-state index is -0.196. The number of carbonyl (C=O) groups is 2. The quantitative estimate of drug-likeness (QED) is 0.333. The molecule has 0 fully saturated rings. The Morgan fingerprint density at radius 1 is 1.00 bits per heavy atom. The number of rotatable bonds is 8. The first-order valence-corrected chi connectivity index (χ1v) is 14.5. The summed E-state index contributed by atoms with van der Waals surface area (Å²) in [6, 6.07) is 26.6. The van der Waals surface area contributed by atoms with Gasteiger partial charge in [-0.05, 0) is 51.2 Å². The standard InChI is InChI=1S/C32H35N5O2S/c1-22-10-8-14-25(18-22)31-29-30(24-12-6-5-7-13-24)34-37(26-15-9-11-23(2)19-26)32(29)36(28(39)21-40-31)20-27(38)33-16-17-35(3)4/h5-15,18-19,31H,16-17,20-21H2,1-4H3,(H,33,38). The Balaban J connectivity index is 1.73. The van der Waals surface area contributed by atoms with E-state index in [1.54, 1.807) is 16.7 Å². The lowest BCUT2D eigenvalue weighted by Gasteiger charge is -2.23. The Hall–Kier alpha value is -3.88. The summed E-state index contributed by atoms with van der Waals surface area (Å²) < 4.78 is 1.85. The zero-order valence-electron chi connectivity index (χ0n) is 23.4. The molecule has 2 heterocycles. The molecule has 1 aliphatic heterocycles. The highest BCUT2D eigenvalue weighted by molar-refractivity contribution is 8.00. The highest BCUT2D eigenvalue weighted by atomic mass is 32.2. The molecule has 8 heteroatoms. The summed E-state index contributed by atoms with van der Waals surface area (Å²) in [7, 11) is 3.93. The summed E-state index contributed by atoms with van der Waals surface area (Å²) >= 11 is 1.59.